The Morgan fingerprint density at radius 3 is 2.56 bits per heavy atom. The maximum atomic E-state index is 6.26. The third-order valence-corrected chi connectivity index (χ3v) is 3.28. The first-order valence-corrected chi connectivity index (χ1v) is 6.70. The second kappa shape index (κ2) is 6.07. The lowest BCUT2D eigenvalue weighted by Gasteiger charge is -2.17. The molecule has 0 aliphatic heterocycles. The molecule has 0 saturated heterocycles. The molecule has 18 heavy (non-hydrogen) atoms. The lowest BCUT2D eigenvalue weighted by atomic mass is 10.0. The molecule has 1 unspecified atom stereocenters. The van der Waals surface area contributed by atoms with Crippen molar-refractivity contribution in [2.75, 3.05) is 6.54 Å². The van der Waals surface area contributed by atoms with Gasteiger partial charge in [0.15, 0.2) is 0 Å². The van der Waals surface area contributed by atoms with Gasteiger partial charge in [-0.05, 0) is 30.3 Å². The first-order valence-electron chi connectivity index (χ1n) is 6.32. The van der Waals surface area contributed by atoms with Crippen LogP contribution >= 0.6 is 11.6 Å². The predicted molar refractivity (Wildman–Crippen MR) is 75.1 cm³/mol. The van der Waals surface area contributed by atoms with E-state index in [-0.39, 0.29) is 6.04 Å². The summed E-state index contributed by atoms with van der Waals surface area (Å²) in [5.41, 5.74) is 1.05. The molecule has 0 radical (unpaired) electrons. The van der Waals surface area contributed by atoms with Crippen molar-refractivity contribution in [3.63, 3.8) is 0 Å². The fraction of sp³-hybridized carbons (Fsp3) is 0.333. The van der Waals surface area contributed by atoms with Crippen LogP contribution in [0, 0.1) is 0 Å². The average molecular weight is 264 g/mol. The van der Waals surface area contributed by atoms with E-state index in [0.29, 0.717) is 0 Å². The zero-order chi connectivity index (χ0) is 13.0. The molecule has 2 rings (SSSR count). The van der Waals surface area contributed by atoms with E-state index in [1.165, 1.54) is 0 Å². The number of rotatable bonds is 5. The molecule has 0 spiro atoms. The highest BCUT2D eigenvalue weighted by molar-refractivity contribution is 6.31. The van der Waals surface area contributed by atoms with Crippen molar-refractivity contribution in [1.29, 1.82) is 0 Å². The van der Waals surface area contributed by atoms with Gasteiger partial charge >= 0.3 is 0 Å². The molecule has 1 aromatic carbocycles. The molecule has 2 aromatic rings. The van der Waals surface area contributed by atoms with Crippen LogP contribution < -0.4 is 5.32 Å². The van der Waals surface area contributed by atoms with Crippen LogP contribution in [0.5, 0.6) is 0 Å². The Bertz CT molecular complexity index is 507. The molecule has 0 aliphatic carbocycles. The third-order valence-electron chi connectivity index (χ3n) is 2.94. The number of benzene rings is 1. The second-order valence-electron chi connectivity index (χ2n) is 4.17. The van der Waals surface area contributed by atoms with Crippen molar-refractivity contribution in [3.05, 3.63) is 58.5 Å². The van der Waals surface area contributed by atoms with E-state index in [0.717, 1.165) is 35.1 Å². The number of hydrogen-bond donors (Lipinski definition) is 1. The molecular weight excluding hydrogens is 246 g/mol. The maximum absolute atomic E-state index is 6.26. The van der Waals surface area contributed by atoms with Gasteiger partial charge in [0, 0.05) is 11.4 Å². The quantitative estimate of drug-likeness (QED) is 0.875. The Kier molecular flexibility index (Phi) is 4.45. The smallest absolute Gasteiger partial charge is 0.125 e. The molecule has 1 atom stereocenters. The standard InChI is InChI=1S/C15H18ClNO/c1-3-11-9-10-14(18-11)15(17-4-2)12-7-5-6-8-13(12)16/h5-10,15,17H,3-4H2,1-2H3. The van der Waals surface area contributed by atoms with Crippen LogP contribution in [0.25, 0.3) is 0 Å². The molecule has 0 fully saturated rings. The van der Waals surface area contributed by atoms with Gasteiger partial charge in [0.2, 0.25) is 0 Å². The molecule has 2 nitrogen and oxygen atoms in total. The Hall–Kier alpha value is -1.25. The molecule has 1 N–H and O–H groups in total. The molecule has 1 heterocycles. The van der Waals surface area contributed by atoms with E-state index in [1.807, 2.05) is 36.4 Å². The first kappa shape index (κ1) is 13.2. The molecule has 3 heteroatoms. The van der Waals surface area contributed by atoms with Gasteiger partial charge in [0.05, 0.1) is 6.04 Å². The molecular formula is C15H18ClNO. The van der Waals surface area contributed by atoms with E-state index in [2.05, 4.69) is 19.2 Å². The molecule has 0 bridgehead atoms. The predicted octanol–water partition coefficient (Wildman–Crippen LogP) is 4.19. The van der Waals surface area contributed by atoms with E-state index >= 15 is 0 Å². The van der Waals surface area contributed by atoms with Crippen LogP contribution in [0.2, 0.25) is 5.02 Å². The average Bonchev–Trinajstić information content (AvgIpc) is 2.85. The van der Waals surface area contributed by atoms with Crippen molar-refractivity contribution in [3.8, 4) is 0 Å². The van der Waals surface area contributed by atoms with E-state index < -0.39 is 0 Å². The highest BCUT2D eigenvalue weighted by Gasteiger charge is 2.18. The summed E-state index contributed by atoms with van der Waals surface area (Å²) >= 11 is 6.26. The topological polar surface area (TPSA) is 25.2 Å². The summed E-state index contributed by atoms with van der Waals surface area (Å²) in [7, 11) is 0. The number of hydrogen-bond acceptors (Lipinski definition) is 2. The van der Waals surface area contributed by atoms with Crippen LogP contribution in [0.1, 0.15) is 37.0 Å². The molecule has 0 amide bonds. The summed E-state index contributed by atoms with van der Waals surface area (Å²) in [6.07, 6.45) is 0.904. The summed E-state index contributed by atoms with van der Waals surface area (Å²) in [6.45, 7) is 5.02. The third kappa shape index (κ3) is 2.77. The Labute approximate surface area is 113 Å². The van der Waals surface area contributed by atoms with Crippen LogP contribution in [-0.4, -0.2) is 6.54 Å². The minimum absolute atomic E-state index is 0.0176. The van der Waals surface area contributed by atoms with Gasteiger partial charge in [-0.3, -0.25) is 0 Å². The highest BCUT2D eigenvalue weighted by Crippen LogP contribution is 2.29. The van der Waals surface area contributed by atoms with Crippen molar-refractivity contribution in [2.24, 2.45) is 0 Å². The second-order valence-corrected chi connectivity index (χ2v) is 4.58. The van der Waals surface area contributed by atoms with E-state index in [4.69, 9.17) is 16.0 Å². The van der Waals surface area contributed by atoms with Crippen LogP contribution in [-0.2, 0) is 6.42 Å². The minimum atomic E-state index is 0.0176. The monoisotopic (exact) mass is 263 g/mol. The van der Waals surface area contributed by atoms with Gasteiger partial charge < -0.3 is 9.73 Å². The summed E-state index contributed by atoms with van der Waals surface area (Å²) in [5, 5.41) is 4.18. The van der Waals surface area contributed by atoms with E-state index in [1.54, 1.807) is 0 Å². The number of furan rings is 1. The van der Waals surface area contributed by atoms with Crippen LogP contribution in [0.4, 0.5) is 0 Å². The largest absolute Gasteiger partial charge is 0.464 e. The van der Waals surface area contributed by atoms with Gasteiger partial charge in [0.25, 0.3) is 0 Å². The number of aryl methyl sites for hydroxylation is 1. The summed E-state index contributed by atoms with van der Waals surface area (Å²) < 4.78 is 5.84. The van der Waals surface area contributed by atoms with E-state index in [9.17, 15) is 0 Å². The van der Waals surface area contributed by atoms with Gasteiger partial charge in [-0.15, -0.1) is 0 Å². The van der Waals surface area contributed by atoms with Crippen molar-refractivity contribution in [2.45, 2.75) is 26.3 Å². The highest BCUT2D eigenvalue weighted by atomic mass is 35.5. The fourth-order valence-electron chi connectivity index (χ4n) is 2.02. The Morgan fingerprint density at radius 1 is 1.17 bits per heavy atom. The Balaban J connectivity index is 2.36. The number of nitrogens with one attached hydrogen (secondary N) is 1. The SMILES string of the molecule is CCNC(c1ccc(CC)o1)c1ccccc1Cl. The fourth-order valence-corrected chi connectivity index (χ4v) is 2.26. The summed E-state index contributed by atoms with van der Waals surface area (Å²) in [6, 6.07) is 11.9. The molecule has 96 valence electrons. The summed E-state index contributed by atoms with van der Waals surface area (Å²) in [5.74, 6) is 1.92. The molecule has 1 aromatic heterocycles. The zero-order valence-corrected chi connectivity index (χ0v) is 11.5. The normalized spacial score (nSPS) is 12.6. The zero-order valence-electron chi connectivity index (χ0n) is 10.7. The molecule has 0 aliphatic rings. The maximum Gasteiger partial charge on any atom is 0.125 e. The lowest BCUT2D eigenvalue weighted by Crippen LogP contribution is -2.21. The minimum Gasteiger partial charge on any atom is -0.464 e. The van der Waals surface area contributed by atoms with Crippen molar-refractivity contribution >= 4 is 11.6 Å². The Morgan fingerprint density at radius 2 is 1.94 bits per heavy atom. The lowest BCUT2D eigenvalue weighted by molar-refractivity contribution is 0.426. The van der Waals surface area contributed by atoms with Crippen LogP contribution in [0.3, 0.4) is 0 Å². The van der Waals surface area contributed by atoms with Gasteiger partial charge in [0.1, 0.15) is 11.5 Å². The molecule has 0 saturated carbocycles. The summed E-state index contributed by atoms with van der Waals surface area (Å²) in [4.78, 5) is 0. The van der Waals surface area contributed by atoms with Crippen molar-refractivity contribution in [1.82, 2.24) is 5.32 Å². The van der Waals surface area contributed by atoms with Gasteiger partial charge in [-0.25, -0.2) is 0 Å². The van der Waals surface area contributed by atoms with Crippen molar-refractivity contribution < 1.29 is 4.42 Å². The van der Waals surface area contributed by atoms with Gasteiger partial charge in [-0.2, -0.15) is 0 Å². The van der Waals surface area contributed by atoms with Crippen LogP contribution in [0.15, 0.2) is 40.8 Å². The number of halogens is 1. The van der Waals surface area contributed by atoms with Gasteiger partial charge in [-0.1, -0.05) is 43.6 Å². The first-order chi connectivity index (χ1) is 8.76.